The van der Waals surface area contributed by atoms with Crippen molar-refractivity contribution < 1.29 is 18.4 Å². The van der Waals surface area contributed by atoms with E-state index in [-0.39, 0.29) is 24.1 Å². The molecule has 2 aromatic heterocycles. The van der Waals surface area contributed by atoms with Crippen LogP contribution in [0, 0.1) is 12.7 Å². The third kappa shape index (κ3) is 5.03. The molecule has 0 bridgehead atoms. The van der Waals surface area contributed by atoms with Crippen molar-refractivity contribution >= 4 is 17.0 Å². The number of carbonyl (C=O) groups is 1. The Balaban J connectivity index is 1.42. The van der Waals surface area contributed by atoms with Gasteiger partial charge in [-0.3, -0.25) is 4.79 Å². The molecule has 8 heteroatoms. The third-order valence-corrected chi connectivity index (χ3v) is 4.66. The Hall–Kier alpha value is -3.81. The lowest BCUT2D eigenvalue weighted by Gasteiger charge is -2.08. The van der Waals surface area contributed by atoms with Gasteiger partial charge in [0.05, 0.1) is 0 Å². The summed E-state index contributed by atoms with van der Waals surface area (Å²) in [5.74, 6) is -0.0876. The lowest BCUT2D eigenvalue weighted by molar-refractivity contribution is -0.123. The van der Waals surface area contributed by atoms with Gasteiger partial charge in [-0.15, -0.1) is 0 Å². The summed E-state index contributed by atoms with van der Waals surface area (Å²) in [6.45, 7) is 2.00. The number of halogens is 1. The van der Waals surface area contributed by atoms with Crippen LogP contribution in [0.25, 0.3) is 22.4 Å². The second-order valence-electron chi connectivity index (χ2n) is 7.03. The number of benzene rings is 2. The fraction of sp³-hybridized carbons (Fsp3) is 0.217. The summed E-state index contributed by atoms with van der Waals surface area (Å²) in [6, 6.07) is 16.0. The molecule has 0 saturated heterocycles. The van der Waals surface area contributed by atoms with Gasteiger partial charge >= 0.3 is 0 Å². The van der Waals surface area contributed by atoms with Crippen LogP contribution < -0.4 is 10.1 Å². The van der Waals surface area contributed by atoms with Gasteiger partial charge < -0.3 is 14.6 Å². The van der Waals surface area contributed by atoms with Crippen molar-refractivity contribution in [2.24, 2.45) is 0 Å². The van der Waals surface area contributed by atoms with E-state index < -0.39 is 5.82 Å². The SMILES string of the molecule is Cc1nc(OCC(=O)NCCCc2ccccc2)c2c(-c3cccc(F)c3)noc2n1. The highest BCUT2D eigenvalue weighted by molar-refractivity contribution is 5.93. The van der Waals surface area contributed by atoms with Crippen LogP contribution in [-0.4, -0.2) is 34.2 Å². The van der Waals surface area contributed by atoms with E-state index >= 15 is 0 Å². The molecule has 0 aliphatic rings. The summed E-state index contributed by atoms with van der Waals surface area (Å²) in [5.41, 5.74) is 2.29. The Bertz CT molecular complexity index is 1190. The number of nitrogens with one attached hydrogen (secondary N) is 1. The molecule has 0 unspecified atom stereocenters. The van der Waals surface area contributed by atoms with Crippen LogP contribution in [0.1, 0.15) is 17.8 Å². The molecule has 0 fully saturated rings. The first-order chi connectivity index (χ1) is 15.1. The monoisotopic (exact) mass is 420 g/mol. The van der Waals surface area contributed by atoms with E-state index in [0.717, 1.165) is 12.8 Å². The summed E-state index contributed by atoms with van der Waals surface area (Å²) in [5, 5.41) is 7.23. The second-order valence-corrected chi connectivity index (χ2v) is 7.03. The van der Waals surface area contributed by atoms with Gasteiger partial charge in [-0.2, -0.15) is 9.97 Å². The summed E-state index contributed by atoms with van der Waals surface area (Å²) in [6.07, 6.45) is 1.70. The van der Waals surface area contributed by atoms with Gasteiger partial charge in [0.15, 0.2) is 6.61 Å². The first-order valence-corrected chi connectivity index (χ1v) is 9.93. The maximum absolute atomic E-state index is 13.7. The molecule has 0 radical (unpaired) electrons. The maximum atomic E-state index is 13.7. The van der Waals surface area contributed by atoms with Crippen molar-refractivity contribution in [2.75, 3.05) is 13.2 Å². The topological polar surface area (TPSA) is 90.1 Å². The molecule has 4 aromatic rings. The van der Waals surface area contributed by atoms with Crippen molar-refractivity contribution in [3.63, 3.8) is 0 Å². The summed E-state index contributed by atoms with van der Waals surface area (Å²) < 4.78 is 24.6. The largest absolute Gasteiger partial charge is 0.467 e. The standard InChI is InChI=1S/C23H21FN4O3/c1-15-26-22(30-14-19(29)25-12-6-9-16-7-3-2-4-8-16)20-21(28-31-23(20)27-15)17-10-5-11-18(24)13-17/h2-5,7-8,10-11,13H,6,9,12,14H2,1H3,(H,25,29). The first-order valence-electron chi connectivity index (χ1n) is 9.93. The van der Waals surface area contributed by atoms with Crippen molar-refractivity contribution in [3.05, 3.63) is 71.8 Å². The zero-order valence-electron chi connectivity index (χ0n) is 17.0. The van der Waals surface area contributed by atoms with Gasteiger partial charge in [-0.05, 0) is 37.5 Å². The highest BCUT2D eigenvalue weighted by atomic mass is 19.1. The first kappa shape index (κ1) is 20.5. The fourth-order valence-corrected chi connectivity index (χ4v) is 3.21. The molecule has 31 heavy (non-hydrogen) atoms. The van der Waals surface area contributed by atoms with Crippen molar-refractivity contribution in [3.8, 4) is 17.1 Å². The fourth-order valence-electron chi connectivity index (χ4n) is 3.21. The van der Waals surface area contributed by atoms with Crippen LogP contribution >= 0.6 is 0 Å². The molecule has 0 aliphatic carbocycles. The van der Waals surface area contributed by atoms with Crippen LogP contribution in [0.5, 0.6) is 5.88 Å². The lowest BCUT2D eigenvalue weighted by Crippen LogP contribution is -2.30. The molecule has 1 amide bonds. The Labute approximate surface area is 178 Å². The maximum Gasteiger partial charge on any atom is 0.265 e. The van der Waals surface area contributed by atoms with Crippen LogP contribution in [0.3, 0.4) is 0 Å². The molecule has 0 atom stereocenters. The average molecular weight is 420 g/mol. The Morgan fingerprint density at radius 3 is 2.77 bits per heavy atom. The highest BCUT2D eigenvalue weighted by Crippen LogP contribution is 2.33. The van der Waals surface area contributed by atoms with Crippen LogP contribution in [0.4, 0.5) is 4.39 Å². The molecule has 0 spiro atoms. The van der Waals surface area contributed by atoms with Crippen molar-refractivity contribution in [2.45, 2.75) is 19.8 Å². The van der Waals surface area contributed by atoms with E-state index in [4.69, 9.17) is 9.26 Å². The predicted octanol–water partition coefficient (Wildman–Crippen LogP) is 3.86. The number of hydrogen-bond acceptors (Lipinski definition) is 6. The quantitative estimate of drug-likeness (QED) is 0.436. The van der Waals surface area contributed by atoms with Gasteiger partial charge in [0.2, 0.25) is 5.88 Å². The second kappa shape index (κ2) is 9.34. The molecule has 1 N–H and O–H groups in total. The Morgan fingerprint density at radius 1 is 1.13 bits per heavy atom. The minimum atomic E-state index is -0.404. The normalized spacial score (nSPS) is 10.9. The molecular formula is C23H21FN4O3. The summed E-state index contributed by atoms with van der Waals surface area (Å²) in [7, 11) is 0. The average Bonchev–Trinajstić information content (AvgIpc) is 3.20. The van der Waals surface area contributed by atoms with E-state index in [1.807, 2.05) is 18.2 Å². The van der Waals surface area contributed by atoms with Crippen molar-refractivity contribution in [1.29, 1.82) is 0 Å². The molecule has 7 nitrogen and oxygen atoms in total. The minimum absolute atomic E-state index is 0.169. The number of nitrogens with zero attached hydrogens (tertiary/aromatic N) is 3. The summed E-state index contributed by atoms with van der Waals surface area (Å²) in [4.78, 5) is 20.7. The van der Waals surface area contributed by atoms with Gasteiger partial charge in [0.1, 0.15) is 22.7 Å². The number of amides is 1. The number of fused-ring (bicyclic) bond motifs is 1. The van der Waals surface area contributed by atoms with Gasteiger partial charge in [-0.25, -0.2) is 4.39 Å². The van der Waals surface area contributed by atoms with E-state index in [2.05, 4.69) is 32.6 Å². The summed E-state index contributed by atoms with van der Waals surface area (Å²) >= 11 is 0. The molecule has 0 saturated carbocycles. The van der Waals surface area contributed by atoms with Gasteiger partial charge in [0.25, 0.3) is 11.6 Å². The highest BCUT2D eigenvalue weighted by Gasteiger charge is 2.20. The number of rotatable bonds is 8. The smallest absolute Gasteiger partial charge is 0.265 e. The molecule has 158 valence electrons. The number of aryl methyl sites for hydroxylation is 2. The van der Waals surface area contributed by atoms with Crippen LogP contribution in [0.15, 0.2) is 59.1 Å². The molecule has 2 aromatic carbocycles. The van der Waals surface area contributed by atoms with Crippen molar-refractivity contribution in [1.82, 2.24) is 20.4 Å². The zero-order valence-corrected chi connectivity index (χ0v) is 17.0. The Morgan fingerprint density at radius 2 is 1.97 bits per heavy atom. The number of aromatic nitrogens is 3. The van der Waals surface area contributed by atoms with Gasteiger partial charge in [-0.1, -0.05) is 47.6 Å². The van der Waals surface area contributed by atoms with E-state index in [9.17, 15) is 9.18 Å². The van der Waals surface area contributed by atoms with Gasteiger partial charge in [0, 0.05) is 12.1 Å². The van der Waals surface area contributed by atoms with E-state index in [1.54, 1.807) is 19.1 Å². The molecular weight excluding hydrogens is 399 g/mol. The third-order valence-electron chi connectivity index (χ3n) is 4.66. The lowest BCUT2D eigenvalue weighted by atomic mass is 10.1. The number of carbonyl (C=O) groups excluding carboxylic acids is 1. The minimum Gasteiger partial charge on any atom is -0.467 e. The van der Waals surface area contributed by atoms with Crippen LogP contribution in [0.2, 0.25) is 0 Å². The predicted molar refractivity (Wildman–Crippen MR) is 113 cm³/mol. The zero-order chi connectivity index (χ0) is 21.6. The number of ether oxygens (including phenoxy) is 1. The molecule has 2 heterocycles. The van der Waals surface area contributed by atoms with E-state index in [0.29, 0.717) is 29.0 Å². The van der Waals surface area contributed by atoms with Crippen LogP contribution in [-0.2, 0) is 11.2 Å². The van der Waals surface area contributed by atoms with E-state index in [1.165, 1.54) is 17.7 Å². The number of hydrogen-bond donors (Lipinski definition) is 1. The molecule has 0 aliphatic heterocycles. The molecule has 4 rings (SSSR count). The Kier molecular flexibility index (Phi) is 6.16.